The van der Waals surface area contributed by atoms with E-state index in [1.165, 1.54) is 33.1 Å². The number of nitrogens with zero attached hydrogens (tertiary/aromatic N) is 1. The van der Waals surface area contributed by atoms with Crippen LogP contribution < -0.4 is 4.72 Å². The Hall–Kier alpha value is -1.74. The molecule has 9 heteroatoms. The zero-order valence-electron chi connectivity index (χ0n) is 16.2. The molecule has 28 heavy (non-hydrogen) atoms. The minimum atomic E-state index is -3.94. The molecular weight excluding hydrogens is 384 g/mol. The predicted octanol–water partition coefficient (Wildman–Crippen LogP) is 1.90. The fourth-order valence-electron chi connectivity index (χ4n) is 5.89. The van der Waals surface area contributed by atoms with Crippen LogP contribution in [-0.2, 0) is 24.3 Å². The van der Waals surface area contributed by atoms with Crippen molar-refractivity contribution in [1.29, 1.82) is 0 Å². The Balaban J connectivity index is 1.31. The number of ketones is 1. The van der Waals surface area contributed by atoms with Gasteiger partial charge >= 0.3 is 5.97 Å². The van der Waals surface area contributed by atoms with Gasteiger partial charge in [0.15, 0.2) is 18.2 Å². The van der Waals surface area contributed by atoms with Crippen LogP contribution in [-0.4, -0.2) is 38.5 Å². The molecule has 4 aliphatic carbocycles. The van der Waals surface area contributed by atoms with Gasteiger partial charge in [0.2, 0.25) is 10.0 Å². The van der Waals surface area contributed by atoms with Crippen molar-refractivity contribution in [3.63, 3.8) is 0 Å². The molecule has 1 heterocycles. The molecule has 0 unspecified atom stereocenters. The lowest BCUT2D eigenvalue weighted by molar-refractivity contribution is -0.157. The Morgan fingerprint density at radius 3 is 2.21 bits per heavy atom. The molecule has 1 aromatic heterocycles. The Labute approximate surface area is 164 Å². The monoisotopic (exact) mass is 410 g/mol. The van der Waals surface area contributed by atoms with Crippen LogP contribution in [0.2, 0.25) is 0 Å². The largest absolute Gasteiger partial charge is 0.457 e. The van der Waals surface area contributed by atoms with Gasteiger partial charge in [0.05, 0.1) is 0 Å². The zero-order chi connectivity index (χ0) is 20.1. The normalized spacial score (nSPS) is 31.1. The molecule has 4 saturated carbocycles. The van der Waals surface area contributed by atoms with Gasteiger partial charge in [0.25, 0.3) is 0 Å². The van der Waals surface area contributed by atoms with Crippen molar-refractivity contribution in [2.24, 2.45) is 23.2 Å². The Morgan fingerprint density at radius 2 is 1.71 bits per heavy atom. The number of sulfonamides is 1. The fraction of sp³-hybridized carbons (Fsp3) is 0.737. The quantitative estimate of drug-likeness (QED) is 0.683. The standard InChI is InChI=1S/C19H26N2O6S/c1-11-18(12(2)27-21-11)28(24,25)20-9-17(23)26-10-16(22)19-6-13-3-14(7-19)5-15(4-13)8-19/h13-15,20H,3-10H2,1-2H3. The Kier molecular flexibility index (Phi) is 4.86. The lowest BCUT2D eigenvalue weighted by atomic mass is 9.48. The highest BCUT2D eigenvalue weighted by Gasteiger charge is 2.54. The van der Waals surface area contributed by atoms with E-state index in [4.69, 9.17) is 9.26 Å². The summed E-state index contributed by atoms with van der Waals surface area (Å²) < 4.78 is 36.8. The molecular formula is C19H26N2O6S. The summed E-state index contributed by atoms with van der Waals surface area (Å²) in [6.07, 6.45) is 6.43. The first-order valence-electron chi connectivity index (χ1n) is 9.80. The number of hydrogen-bond acceptors (Lipinski definition) is 7. The third kappa shape index (κ3) is 3.50. The first-order valence-corrected chi connectivity index (χ1v) is 11.3. The van der Waals surface area contributed by atoms with Crippen molar-refractivity contribution >= 4 is 21.8 Å². The molecule has 0 atom stereocenters. The average molecular weight is 410 g/mol. The van der Waals surface area contributed by atoms with Crippen LogP contribution in [0.25, 0.3) is 0 Å². The van der Waals surface area contributed by atoms with Gasteiger partial charge < -0.3 is 9.26 Å². The van der Waals surface area contributed by atoms with Gasteiger partial charge in [-0.3, -0.25) is 9.59 Å². The highest BCUT2D eigenvalue weighted by molar-refractivity contribution is 7.89. The molecule has 0 radical (unpaired) electrons. The van der Waals surface area contributed by atoms with Gasteiger partial charge in [0.1, 0.15) is 17.1 Å². The van der Waals surface area contributed by atoms with E-state index in [0.29, 0.717) is 17.8 Å². The van der Waals surface area contributed by atoms with Gasteiger partial charge in [-0.05, 0) is 70.1 Å². The van der Waals surface area contributed by atoms with Gasteiger partial charge in [-0.1, -0.05) is 5.16 Å². The topological polar surface area (TPSA) is 116 Å². The maximum atomic E-state index is 12.8. The van der Waals surface area contributed by atoms with Gasteiger partial charge in [-0.2, -0.15) is 4.72 Å². The van der Waals surface area contributed by atoms with E-state index in [9.17, 15) is 18.0 Å². The molecule has 154 valence electrons. The number of carbonyl (C=O) groups excluding carboxylic acids is 2. The number of aromatic nitrogens is 1. The summed E-state index contributed by atoms with van der Waals surface area (Å²) in [7, 11) is -3.94. The Morgan fingerprint density at radius 1 is 1.14 bits per heavy atom. The van der Waals surface area contributed by atoms with Crippen LogP contribution in [0, 0.1) is 37.0 Å². The lowest BCUT2D eigenvalue weighted by Gasteiger charge is -2.55. The van der Waals surface area contributed by atoms with E-state index < -0.39 is 22.5 Å². The second kappa shape index (κ2) is 6.95. The van der Waals surface area contributed by atoms with E-state index in [-0.39, 0.29) is 34.2 Å². The number of rotatable bonds is 7. The van der Waals surface area contributed by atoms with E-state index in [1.54, 1.807) is 0 Å². The third-order valence-corrected chi connectivity index (χ3v) is 8.28. The van der Waals surface area contributed by atoms with E-state index >= 15 is 0 Å². The summed E-state index contributed by atoms with van der Waals surface area (Å²) >= 11 is 0. The summed E-state index contributed by atoms with van der Waals surface area (Å²) in [5, 5.41) is 3.60. The molecule has 5 rings (SSSR count). The molecule has 4 bridgehead atoms. The van der Waals surface area contributed by atoms with Crippen molar-refractivity contribution in [1.82, 2.24) is 9.88 Å². The maximum absolute atomic E-state index is 12.8. The first kappa shape index (κ1) is 19.6. The Bertz CT molecular complexity index is 849. The zero-order valence-corrected chi connectivity index (χ0v) is 17.0. The maximum Gasteiger partial charge on any atom is 0.321 e. The number of hydrogen-bond donors (Lipinski definition) is 1. The highest BCUT2D eigenvalue weighted by Crippen LogP contribution is 2.60. The van der Waals surface area contributed by atoms with Crippen LogP contribution in [0.15, 0.2) is 9.42 Å². The summed E-state index contributed by atoms with van der Waals surface area (Å²) in [5.74, 6) is 1.27. The predicted molar refractivity (Wildman–Crippen MR) is 97.7 cm³/mol. The first-order chi connectivity index (χ1) is 13.2. The number of carbonyl (C=O) groups is 2. The van der Waals surface area contributed by atoms with Crippen molar-refractivity contribution in [2.75, 3.05) is 13.2 Å². The highest BCUT2D eigenvalue weighted by atomic mass is 32.2. The molecule has 0 aliphatic heterocycles. The molecule has 8 nitrogen and oxygen atoms in total. The smallest absolute Gasteiger partial charge is 0.321 e. The molecule has 1 N–H and O–H groups in total. The molecule has 1 aromatic rings. The number of nitrogens with one attached hydrogen (secondary N) is 1. The van der Waals surface area contributed by atoms with E-state index in [2.05, 4.69) is 9.88 Å². The van der Waals surface area contributed by atoms with E-state index in [1.807, 2.05) is 0 Å². The van der Waals surface area contributed by atoms with Crippen LogP contribution in [0.3, 0.4) is 0 Å². The summed E-state index contributed by atoms with van der Waals surface area (Å²) in [5.41, 5.74) is -0.110. The summed E-state index contributed by atoms with van der Waals surface area (Å²) in [4.78, 5) is 24.8. The molecule has 0 aromatic carbocycles. The molecule has 0 spiro atoms. The SMILES string of the molecule is Cc1noc(C)c1S(=O)(=O)NCC(=O)OCC(=O)C12CC3CC(CC(C3)C1)C2. The van der Waals surface area contributed by atoms with Crippen molar-refractivity contribution in [2.45, 2.75) is 57.3 Å². The van der Waals surface area contributed by atoms with Gasteiger partial charge in [0, 0.05) is 5.41 Å². The van der Waals surface area contributed by atoms with Gasteiger partial charge in [-0.15, -0.1) is 0 Å². The fourth-order valence-corrected chi connectivity index (χ4v) is 7.18. The number of Topliss-reactive ketones (excluding diaryl/α,β-unsaturated/α-hetero) is 1. The second-order valence-electron chi connectivity index (χ2n) is 8.76. The van der Waals surface area contributed by atoms with Crippen LogP contribution in [0.4, 0.5) is 0 Å². The van der Waals surface area contributed by atoms with Crippen molar-refractivity contribution in [3.8, 4) is 0 Å². The van der Waals surface area contributed by atoms with Crippen molar-refractivity contribution < 1.29 is 27.3 Å². The molecule has 0 amide bonds. The lowest BCUT2D eigenvalue weighted by Crippen LogP contribution is -2.51. The molecule has 4 fully saturated rings. The third-order valence-electron chi connectivity index (χ3n) is 6.64. The minimum Gasteiger partial charge on any atom is -0.457 e. The van der Waals surface area contributed by atoms with Gasteiger partial charge in [-0.25, -0.2) is 8.42 Å². The molecule has 0 saturated heterocycles. The number of aryl methyl sites for hydroxylation is 2. The van der Waals surface area contributed by atoms with Crippen LogP contribution in [0.5, 0.6) is 0 Å². The number of esters is 1. The van der Waals surface area contributed by atoms with E-state index in [0.717, 1.165) is 19.3 Å². The molecule has 4 aliphatic rings. The summed E-state index contributed by atoms with van der Waals surface area (Å²) in [6, 6.07) is 0. The summed E-state index contributed by atoms with van der Waals surface area (Å²) in [6.45, 7) is 2.17. The van der Waals surface area contributed by atoms with Crippen molar-refractivity contribution in [3.05, 3.63) is 11.5 Å². The van der Waals surface area contributed by atoms with Crippen LogP contribution >= 0.6 is 0 Å². The average Bonchev–Trinajstić information content (AvgIpc) is 2.96. The minimum absolute atomic E-state index is 0.00599. The number of ether oxygens (including phenoxy) is 1. The second-order valence-corrected chi connectivity index (χ2v) is 10.5. The van der Waals surface area contributed by atoms with Crippen LogP contribution in [0.1, 0.15) is 50.0 Å².